The molecule has 0 unspecified atom stereocenters. The van der Waals surface area contributed by atoms with Crippen molar-refractivity contribution in [2.45, 2.75) is 6.54 Å². The maximum atomic E-state index is 5.52. The Bertz CT molecular complexity index is 839. The molecule has 0 spiro atoms. The number of piperazine rings is 1. The third kappa shape index (κ3) is 3.33. The Labute approximate surface area is 149 Å². The monoisotopic (exact) mass is 332 g/mol. The van der Waals surface area contributed by atoms with Gasteiger partial charge in [0.25, 0.3) is 0 Å². The molecule has 1 saturated heterocycles. The molecule has 0 radical (unpaired) electrons. The zero-order valence-electron chi connectivity index (χ0n) is 14.7. The van der Waals surface area contributed by atoms with Crippen molar-refractivity contribution in [2.75, 3.05) is 38.2 Å². The first-order valence-electron chi connectivity index (χ1n) is 8.92. The van der Waals surface area contributed by atoms with Crippen LogP contribution in [-0.2, 0) is 6.54 Å². The summed E-state index contributed by atoms with van der Waals surface area (Å²) in [5, 5.41) is 2.50. The highest BCUT2D eigenvalue weighted by Gasteiger charge is 2.18. The van der Waals surface area contributed by atoms with Crippen LogP contribution >= 0.6 is 0 Å². The Hall–Kier alpha value is -2.52. The van der Waals surface area contributed by atoms with Crippen molar-refractivity contribution >= 4 is 16.5 Å². The number of rotatable bonds is 4. The van der Waals surface area contributed by atoms with E-state index in [-0.39, 0.29) is 0 Å². The molecule has 1 fully saturated rings. The molecule has 1 aliphatic rings. The Morgan fingerprint density at radius 3 is 2.16 bits per heavy atom. The van der Waals surface area contributed by atoms with Crippen LogP contribution < -0.4 is 9.64 Å². The number of anilines is 1. The van der Waals surface area contributed by atoms with Crippen LogP contribution in [-0.4, -0.2) is 38.2 Å². The minimum Gasteiger partial charge on any atom is -0.496 e. The highest BCUT2D eigenvalue weighted by Crippen LogP contribution is 2.29. The van der Waals surface area contributed by atoms with Gasteiger partial charge in [-0.15, -0.1) is 0 Å². The van der Waals surface area contributed by atoms with Crippen molar-refractivity contribution in [3.05, 3.63) is 72.3 Å². The zero-order valence-corrected chi connectivity index (χ0v) is 14.7. The van der Waals surface area contributed by atoms with E-state index in [4.69, 9.17) is 4.74 Å². The van der Waals surface area contributed by atoms with Gasteiger partial charge in [-0.25, -0.2) is 0 Å². The summed E-state index contributed by atoms with van der Waals surface area (Å²) in [6, 6.07) is 23.6. The largest absolute Gasteiger partial charge is 0.496 e. The molecular formula is C22H24N2O. The van der Waals surface area contributed by atoms with E-state index in [1.807, 2.05) is 0 Å². The van der Waals surface area contributed by atoms with Crippen molar-refractivity contribution in [1.29, 1.82) is 0 Å². The van der Waals surface area contributed by atoms with Crippen LogP contribution in [0.1, 0.15) is 5.56 Å². The van der Waals surface area contributed by atoms with Crippen LogP contribution in [0.2, 0.25) is 0 Å². The fourth-order valence-corrected chi connectivity index (χ4v) is 3.69. The molecule has 0 saturated carbocycles. The summed E-state index contributed by atoms with van der Waals surface area (Å²) >= 11 is 0. The van der Waals surface area contributed by atoms with Gasteiger partial charge in [0.15, 0.2) is 0 Å². The average Bonchev–Trinajstić information content (AvgIpc) is 2.69. The van der Waals surface area contributed by atoms with Gasteiger partial charge >= 0.3 is 0 Å². The summed E-state index contributed by atoms with van der Waals surface area (Å²) in [4.78, 5) is 5.02. The lowest BCUT2D eigenvalue weighted by Gasteiger charge is -2.36. The maximum absolute atomic E-state index is 5.52. The average molecular weight is 332 g/mol. The van der Waals surface area contributed by atoms with E-state index in [0.717, 1.165) is 38.5 Å². The molecule has 128 valence electrons. The Morgan fingerprint density at radius 1 is 0.760 bits per heavy atom. The van der Waals surface area contributed by atoms with Gasteiger partial charge in [0, 0.05) is 43.8 Å². The van der Waals surface area contributed by atoms with Crippen molar-refractivity contribution in [3.63, 3.8) is 0 Å². The lowest BCUT2D eigenvalue weighted by Crippen LogP contribution is -2.45. The van der Waals surface area contributed by atoms with Crippen LogP contribution in [0.15, 0.2) is 66.7 Å². The second kappa shape index (κ2) is 7.16. The van der Waals surface area contributed by atoms with Gasteiger partial charge in [0.05, 0.1) is 7.11 Å². The SMILES string of the molecule is COc1ccc(CN2CCN(c3ccccc3)CC2)c2ccccc12. The van der Waals surface area contributed by atoms with Gasteiger partial charge in [-0.1, -0.05) is 48.5 Å². The van der Waals surface area contributed by atoms with Crippen molar-refractivity contribution < 1.29 is 4.74 Å². The molecule has 0 aromatic heterocycles. The molecule has 3 nitrogen and oxygen atoms in total. The van der Waals surface area contributed by atoms with E-state index in [2.05, 4.69) is 76.5 Å². The van der Waals surface area contributed by atoms with Crippen LogP contribution in [0.5, 0.6) is 5.75 Å². The fraction of sp³-hybridized carbons (Fsp3) is 0.273. The lowest BCUT2D eigenvalue weighted by atomic mass is 10.0. The number of benzene rings is 3. The summed E-state index contributed by atoms with van der Waals surface area (Å²) in [5.41, 5.74) is 2.71. The Balaban J connectivity index is 1.48. The quantitative estimate of drug-likeness (QED) is 0.713. The van der Waals surface area contributed by atoms with E-state index in [9.17, 15) is 0 Å². The number of hydrogen-bond donors (Lipinski definition) is 0. The van der Waals surface area contributed by atoms with Gasteiger partial charge < -0.3 is 9.64 Å². The Kier molecular flexibility index (Phi) is 4.57. The number of nitrogens with zero attached hydrogens (tertiary/aromatic N) is 2. The van der Waals surface area contributed by atoms with Gasteiger partial charge in [-0.3, -0.25) is 4.90 Å². The van der Waals surface area contributed by atoms with Gasteiger partial charge in [-0.05, 0) is 29.1 Å². The van der Waals surface area contributed by atoms with Gasteiger partial charge in [0.2, 0.25) is 0 Å². The van der Waals surface area contributed by atoms with E-state index >= 15 is 0 Å². The molecule has 0 atom stereocenters. The summed E-state index contributed by atoms with van der Waals surface area (Å²) in [5.74, 6) is 0.952. The third-order valence-electron chi connectivity index (χ3n) is 5.08. The van der Waals surface area contributed by atoms with E-state index in [0.29, 0.717) is 0 Å². The summed E-state index contributed by atoms with van der Waals surface area (Å²) < 4.78 is 5.52. The molecule has 3 aromatic carbocycles. The van der Waals surface area contributed by atoms with Gasteiger partial charge in [-0.2, -0.15) is 0 Å². The fourth-order valence-electron chi connectivity index (χ4n) is 3.69. The third-order valence-corrected chi connectivity index (χ3v) is 5.08. The van der Waals surface area contributed by atoms with Crippen LogP contribution in [0.4, 0.5) is 5.69 Å². The molecule has 0 bridgehead atoms. The second-order valence-electron chi connectivity index (χ2n) is 6.57. The molecule has 0 N–H and O–H groups in total. The van der Waals surface area contributed by atoms with E-state index in [1.165, 1.54) is 22.0 Å². The summed E-state index contributed by atoms with van der Waals surface area (Å²) in [7, 11) is 1.74. The van der Waals surface area contributed by atoms with Crippen LogP contribution in [0.25, 0.3) is 10.8 Å². The normalized spacial score (nSPS) is 15.5. The number of ether oxygens (including phenoxy) is 1. The predicted molar refractivity (Wildman–Crippen MR) is 104 cm³/mol. The molecule has 0 amide bonds. The van der Waals surface area contributed by atoms with Crippen LogP contribution in [0.3, 0.4) is 0 Å². The smallest absolute Gasteiger partial charge is 0.126 e. The lowest BCUT2D eigenvalue weighted by molar-refractivity contribution is 0.250. The van der Waals surface area contributed by atoms with Crippen LogP contribution in [0, 0.1) is 0 Å². The number of fused-ring (bicyclic) bond motifs is 1. The number of hydrogen-bond acceptors (Lipinski definition) is 3. The topological polar surface area (TPSA) is 15.7 Å². The van der Waals surface area contributed by atoms with Crippen molar-refractivity contribution in [1.82, 2.24) is 4.90 Å². The number of para-hydroxylation sites is 1. The molecule has 4 rings (SSSR count). The first-order valence-corrected chi connectivity index (χ1v) is 8.92. The molecule has 3 heteroatoms. The highest BCUT2D eigenvalue weighted by atomic mass is 16.5. The first-order chi connectivity index (χ1) is 12.3. The summed E-state index contributed by atoms with van der Waals surface area (Å²) in [6.07, 6.45) is 0. The van der Waals surface area contributed by atoms with Crippen molar-refractivity contribution in [3.8, 4) is 5.75 Å². The molecule has 25 heavy (non-hydrogen) atoms. The van der Waals surface area contributed by atoms with Crippen molar-refractivity contribution in [2.24, 2.45) is 0 Å². The van der Waals surface area contributed by atoms with E-state index < -0.39 is 0 Å². The summed E-state index contributed by atoms with van der Waals surface area (Å²) in [6.45, 7) is 5.34. The first kappa shape index (κ1) is 16.0. The minimum atomic E-state index is 0.952. The zero-order chi connectivity index (χ0) is 17.1. The molecule has 1 aliphatic heterocycles. The molecular weight excluding hydrogens is 308 g/mol. The number of methoxy groups -OCH3 is 1. The van der Waals surface area contributed by atoms with Gasteiger partial charge in [0.1, 0.15) is 5.75 Å². The molecule has 0 aliphatic carbocycles. The Morgan fingerprint density at radius 2 is 1.44 bits per heavy atom. The standard InChI is InChI=1S/C22H24N2O/c1-25-22-12-11-18(20-9-5-6-10-21(20)22)17-23-13-15-24(16-14-23)19-7-3-2-4-8-19/h2-12H,13-17H2,1H3. The predicted octanol–water partition coefficient (Wildman–Crippen LogP) is 4.17. The highest BCUT2D eigenvalue weighted by molar-refractivity contribution is 5.91. The molecule has 1 heterocycles. The second-order valence-corrected chi connectivity index (χ2v) is 6.57. The van der Waals surface area contributed by atoms with E-state index in [1.54, 1.807) is 7.11 Å². The maximum Gasteiger partial charge on any atom is 0.126 e. The molecule has 3 aromatic rings. The minimum absolute atomic E-state index is 0.952.